The van der Waals surface area contributed by atoms with Gasteiger partial charge in [-0.2, -0.15) is 0 Å². The number of ketones is 1. The number of nitrogens with zero attached hydrogens (tertiary/aromatic N) is 3. The second-order valence-corrected chi connectivity index (χ2v) is 9.21. The summed E-state index contributed by atoms with van der Waals surface area (Å²) in [5.74, 6) is 0.544. The molecule has 4 rings (SSSR count). The van der Waals surface area contributed by atoms with E-state index in [1.165, 1.54) is 31.2 Å². The van der Waals surface area contributed by atoms with Gasteiger partial charge in [0.2, 0.25) is 11.8 Å². The van der Waals surface area contributed by atoms with Gasteiger partial charge in [-0.25, -0.2) is 14.4 Å². The third kappa shape index (κ3) is 7.66. The lowest BCUT2D eigenvalue weighted by atomic mass is 9.89. The molecule has 198 valence electrons. The number of hydrogen-bond acceptors (Lipinski definition) is 7. The summed E-state index contributed by atoms with van der Waals surface area (Å²) in [6.45, 7) is 3.75. The minimum atomic E-state index is -0.366. The average molecular weight is 519 g/mol. The highest BCUT2D eigenvalue weighted by Gasteiger charge is 2.26. The van der Waals surface area contributed by atoms with E-state index in [0.29, 0.717) is 62.0 Å². The highest BCUT2D eigenvalue weighted by atomic mass is 19.1. The van der Waals surface area contributed by atoms with Crippen molar-refractivity contribution >= 4 is 29.2 Å². The Balaban J connectivity index is 1.35. The molecule has 0 saturated carbocycles. The first-order chi connectivity index (χ1) is 18.4. The van der Waals surface area contributed by atoms with E-state index in [0.717, 1.165) is 5.56 Å². The van der Waals surface area contributed by atoms with Crippen molar-refractivity contribution in [1.82, 2.24) is 20.2 Å². The molecule has 10 heteroatoms. The predicted molar refractivity (Wildman–Crippen MR) is 143 cm³/mol. The van der Waals surface area contributed by atoms with Gasteiger partial charge in [0.25, 0.3) is 0 Å². The molecular formula is C28H31FN6O3. The number of anilines is 2. The van der Waals surface area contributed by atoms with E-state index in [-0.39, 0.29) is 35.9 Å². The third-order valence-electron chi connectivity index (χ3n) is 6.29. The van der Waals surface area contributed by atoms with E-state index in [2.05, 4.69) is 25.9 Å². The first-order valence-corrected chi connectivity index (χ1v) is 12.6. The first-order valence-electron chi connectivity index (χ1n) is 12.6. The lowest BCUT2D eigenvalue weighted by molar-refractivity contribution is -0.119. The SMILES string of the molecule is CC(=O)NCCNc1cc(NC(=O)CN2CCC(C(=O)c3ccc(F)cc3)CC2)nc(-c2ccccc2)n1. The minimum Gasteiger partial charge on any atom is -0.368 e. The number of piperidine rings is 1. The molecule has 3 aromatic rings. The van der Waals surface area contributed by atoms with Crippen molar-refractivity contribution in [2.24, 2.45) is 5.92 Å². The molecule has 0 atom stereocenters. The molecule has 0 unspecified atom stereocenters. The maximum atomic E-state index is 13.2. The van der Waals surface area contributed by atoms with Crippen molar-refractivity contribution in [1.29, 1.82) is 0 Å². The summed E-state index contributed by atoms with van der Waals surface area (Å²) >= 11 is 0. The standard InChI is InChI=1S/C28H31FN6O3/c1-19(36)30-13-14-31-24-17-25(34-28(33-24)22-5-3-2-4-6-22)32-26(37)18-35-15-11-21(12-16-35)27(38)20-7-9-23(29)10-8-20/h2-10,17,21H,11-16,18H2,1H3,(H,30,36)(H2,31,32,33,34,37). The van der Waals surface area contributed by atoms with Crippen molar-refractivity contribution < 1.29 is 18.8 Å². The summed E-state index contributed by atoms with van der Waals surface area (Å²) in [6.07, 6.45) is 1.27. The van der Waals surface area contributed by atoms with Crippen LogP contribution < -0.4 is 16.0 Å². The number of carbonyl (C=O) groups is 3. The number of likely N-dealkylation sites (tertiary alicyclic amines) is 1. The summed E-state index contributed by atoms with van der Waals surface area (Å²) < 4.78 is 13.2. The molecule has 1 aromatic heterocycles. The Morgan fingerprint density at radius 1 is 0.947 bits per heavy atom. The maximum Gasteiger partial charge on any atom is 0.239 e. The van der Waals surface area contributed by atoms with Gasteiger partial charge in [0.15, 0.2) is 11.6 Å². The van der Waals surface area contributed by atoms with Crippen molar-refractivity contribution in [3.05, 3.63) is 72.0 Å². The summed E-state index contributed by atoms with van der Waals surface area (Å²) in [5, 5.41) is 8.75. The molecule has 38 heavy (non-hydrogen) atoms. The van der Waals surface area contributed by atoms with Gasteiger partial charge in [-0.05, 0) is 50.2 Å². The van der Waals surface area contributed by atoms with E-state index < -0.39 is 0 Å². The smallest absolute Gasteiger partial charge is 0.239 e. The summed E-state index contributed by atoms with van der Waals surface area (Å²) in [7, 11) is 0. The van der Waals surface area contributed by atoms with Crippen LogP contribution in [0.3, 0.4) is 0 Å². The molecule has 1 fully saturated rings. The van der Waals surface area contributed by atoms with E-state index in [4.69, 9.17) is 0 Å². The van der Waals surface area contributed by atoms with Crippen molar-refractivity contribution in [3.8, 4) is 11.4 Å². The molecule has 0 aliphatic carbocycles. The largest absolute Gasteiger partial charge is 0.368 e. The second-order valence-electron chi connectivity index (χ2n) is 9.21. The van der Waals surface area contributed by atoms with Crippen molar-refractivity contribution in [2.45, 2.75) is 19.8 Å². The topological polar surface area (TPSA) is 116 Å². The Hall–Kier alpha value is -4.18. The molecule has 1 saturated heterocycles. The van der Waals surface area contributed by atoms with Crippen LogP contribution in [0.4, 0.5) is 16.0 Å². The van der Waals surface area contributed by atoms with Gasteiger partial charge in [-0.1, -0.05) is 30.3 Å². The molecule has 0 bridgehead atoms. The Morgan fingerprint density at radius 3 is 2.32 bits per heavy atom. The molecule has 2 heterocycles. The minimum absolute atomic E-state index is 0.0158. The van der Waals surface area contributed by atoms with Gasteiger partial charge in [-0.3, -0.25) is 19.3 Å². The quantitative estimate of drug-likeness (QED) is 0.278. The molecule has 9 nitrogen and oxygen atoms in total. The van der Waals surface area contributed by atoms with E-state index in [9.17, 15) is 18.8 Å². The molecular weight excluding hydrogens is 487 g/mol. The number of amides is 2. The monoisotopic (exact) mass is 518 g/mol. The normalized spacial score (nSPS) is 14.1. The first kappa shape index (κ1) is 26.9. The third-order valence-corrected chi connectivity index (χ3v) is 6.29. The zero-order chi connectivity index (χ0) is 26.9. The number of halogens is 1. The van der Waals surface area contributed by atoms with E-state index >= 15 is 0 Å². The molecule has 1 aliphatic rings. The molecule has 0 spiro atoms. The Morgan fingerprint density at radius 2 is 1.63 bits per heavy atom. The van der Waals surface area contributed by atoms with Gasteiger partial charge in [0.05, 0.1) is 6.54 Å². The number of carbonyl (C=O) groups excluding carboxylic acids is 3. The van der Waals surface area contributed by atoms with Crippen LogP contribution in [0.25, 0.3) is 11.4 Å². The summed E-state index contributed by atoms with van der Waals surface area (Å²) in [4.78, 5) is 47.8. The Bertz CT molecular complexity index is 1260. The number of aromatic nitrogens is 2. The van der Waals surface area contributed by atoms with Crippen LogP contribution >= 0.6 is 0 Å². The van der Waals surface area contributed by atoms with E-state index in [1.807, 2.05) is 35.2 Å². The van der Waals surface area contributed by atoms with E-state index in [1.54, 1.807) is 6.07 Å². The zero-order valence-corrected chi connectivity index (χ0v) is 21.2. The van der Waals surface area contributed by atoms with Crippen LogP contribution in [0.15, 0.2) is 60.7 Å². The molecule has 2 aromatic carbocycles. The number of benzene rings is 2. The molecule has 3 N–H and O–H groups in total. The fourth-order valence-electron chi connectivity index (χ4n) is 4.34. The number of hydrogen-bond donors (Lipinski definition) is 3. The van der Waals surface area contributed by atoms with Gasteiger partial charge in [0, 0.05) is 43.1 Å². The van der Waals surface area contributed by atoms with Crippen LogP contribution in [-0.2, 0) is 9.59 Å². The van der Waals surface area contributed by atoms with Crippen LogP contribution in [0.2, 0.25) is 0 Å². The van der Waals surface area contributed by atoms with Crippen LogP contribution in [0.5, 0.6) is 0 Å². The lowest BCUT2D eigenvalue weighted by Gasteiger charge is -2.30. The zero-order valence-electron chi connectivity index (χ0n) is 21.2. The van der Waals surface area contributed by atoms with Crippen molar-refractivity contribution in [2.75, 3.05) is 43.4 Å². The second kappa shape index (κ2) is 12.9. The lowest BCUT2D eigenvalue weighted by Crippen LogP contribution is -2.40. The Labute approximate surface area is 220 Å². The maximum absolute atomic E-state index is 13.2. The highest BCUT2D eigenvalue weighted by molar-refractivity contribution is 5.98. The van der Waals surface area contributed by atoms with Crippen LogP contribution in [0, 0.1) is 11.7 Å². The number of Topliss-reactive ketones (excluding diaryl/α,β-unsaturated/α-hetero) is 1. The number of rotatable bonds is 10. The molecule has 1 aliphatic heterocycles. The van der Waals surface area contributed by atoms with Crippen LogP contribution in [0.1, 0.15) is 30.1 Å². The fraction of sp³-hybridized carbons (Fsp3) is 0.321. The van der Waals surface area contributed by atoms with Gasteiger partial charge in [0.1, 0.15) is 17.5 Å². The van der Waals surface area contributed by atoms with Crippen LogP contribution in [-0.4, -0.2) is 65.2 Å². The van der Waals surface area contributed by atoms with Crippen molar-refractivity contribution in [3.63, 3.8) is 0 Å². The fourth-order valence-corrected chi connectivity index (χ4v) is 4.34. The molecule has 2 amide bonds. The summed E-state index contributed by atoms with van der Waals surface area (Å²) in [5.41, 5.74) is 1.32. The Kier molecular flexibility index (Phi) is 9.10. The summed E-state index contributed by atoms with van der Waals surface area (Å²) in [6, 6.07) is 16.7. The van der Waals surface area contributed by atoms with Gasteiger partial charge in [-0.15, -0.1) is 0 Å². The highest BCUT2D eigenvalue weighted by Crippen LogP contribution is 2.23. The predicted octanol–water partition coefficient (Wildman–Crippen LogP) is 3.36. The average Bonchev–Trinajstić information content (AvgIpc) is 2.92. The van der Waals surface area contributed by atoms with Gasteiger partial charge < -0.3 is 16.0 Å². The number of nitrogens with one attached hydrogen (secondary N) is 3. The molecule has 0 radical (unpaired) electrons. The van der Waals surface area contributed by atoms with Gasteiger partial charge >= 0.3 is 0 Å².